The molecule has 0 aromatic rings. The van der Waals surface area contributed by atoms with E-state index in [0.717, 1.165) is 6.61 Å². The van der Waals surface area contributed by atoms with Gasteiger partial charge in [-0.05, 0) is 20.8 Å². The van der Waals surface area contributed by atoms with E-state index in [1.807, 2.05) is 13.8 Å². The highest BCUT2D eigenvalue weighted by Crippen LogP contribution is 2.65. The summed E-state index contributed by atoms with van der Waals surface area (Å²) in [6.45, 7) is 7.48. The second-order valence-electron chi connectivity index (χ2n) is 5.79. The monoisotopic (exact) mass is 212 g/mol. The second kappa shape index (κ2) is 2.12. The molecular weight excluding hydrogens is 196 g/mol. The number of ether oxygens (including phenoxy) is 4. The lowest BCUT2D eigenvalue weighted by atomic mass is 9.87. The highest BCUT2D eigenvalue weighted by molar-refractivity contribution is 5.28. The van der Waals surface area contributed by atoms with Crippen LogP contribution in [0, 0.1) is 5.92 Å². The summed E-state index contributed by atoms with van der Waals surface area (Å²) in [5.41, 5.74) is -0.293. The van der Waals surface area contributed by atoms with Crippen LogP contribution in [0.3, 0.4) is 0 Å². The molecule has 0 radical (unpaired) electrons. The molecular formula is C11H16O4. The molecule has 4 fully saturated rings. The van der Waals surface area contributed by atoms with Crippen molar-refractivity contribution in [2.24, 2.45) is 5.92 Å². The van der Waals surface area contributed by atoms with Gasteiger partial charge in [-0.2, -0.15) is 0 Å². The van der Waals surface area contributed by atoms with Crippen molar-refractivity contribution in [3.63, 3.8) is 0 Å². The Hall–Kier alpha value is -0.160. The van der Waals surface area contributed by atoms with Crippen LogP contribution >= 0.6 is 0 Å². The molecule has 0 amide bonds. The van der Waals surface area contributed by atoms with Crippen molar-refractivity contribution in [3.8, 4) is 0 Å². The third-order valence-electron chi connectivity index (χ3n) is 4.39. The molecule has 15 heavy (non-hydrogen) atoms. The van der Waals surface area contributed by atoms with Crippen LogP contribution in [0.5, 0.6) is 0 Å². The molecule has 3 saturated heterocycles. The Kier molecular flexibility index (Phi) is 1.26. The summed E-state index contributed by atoms with van der Waals surface area (Å²) in [5.74, 6) is -0.161. The molecule has 3 aliphatic heterocycles. The largest absolute Gasteiger partial charge is 0.378 e. The van der Waals surface area contributed by atoms with Crippen LogP contribution in [-0.4, -0.2) is 42.4 Å². The van der Waals surface area contributed by atoms with Crippen LogP contribution in [0.15, 0.2) is 0 Å². The van der Waals surface area contributed by atoms with Crippen molar-refractivity contribution in [1.82, 2.24) is 0 Å². The third kappa shape index (κ3) is 0.813. The molecule has 4 nitrogen and oxygen atoms in total. The summed E-state index contributed by atoms with van der Waals surface area (Å²) in [4.78, 5) is 0. The first-order chi connectivity index (χ1) is 6.98. The Morgan fingerprint density at radius 3 is 2.67 bits per heavy atom. The zero-order chi connectivity index (χ0) is 10.5. The van der Waals surface area contributed by atoms with Crippen molar-refractivity contribution in [3.05, 3.63) is 0 Å². The fourth-order valence-electron chi connectivity index (χ4n) is 3.76. The van der Waals surface area contributed by atoms with Gasteiger partial charge in [-0.1, -0.05) is 0 Å². The van der Waals surface area contributed by atoms with Crippen molar-refractivity contribution in [2.45, 2.75) is 50.0 Å². The molecule has 1 saturated carbocycles. The standard InChI is InChI=1S/C11H16O4/c1-9(2)13-8-7-10(3,14-7)6-4-12-5-11(6,8)15-9/h6-8H,4-5H2,1-3H3/t6-,7+,8-,10-,11+/m1/s1. The SMILES string of the molecule is CC1(C)O[C@@H]2[C@@H]3O[C@]3(C)[C@H]3COC[C@@]23O1. The van der Waals surface area contributed by atoms with Crippen molar-refractivity contribution < 1.29 is 18.9 Å². The normalized spacial score (nSPS) is 63.8. The summed E-state index contributed by atoms with van der Waals surface area (Å²) in [6, 6.07) is 0. The first-order valence-electron chi connectivity index (χ1n) is 5.62. The van der Waals surface area contributed by atoms with Gasteiger partial charge in [0.1, 0.15) is 23.4 Å². The molecule has 4 rings (SSSR count). The Balaban J connectivity index is 1.81. The zero-order valence-electron chi connectivity index (χ0n) is 9.28. The van der Waals surface area contributed by atoms with Crippen LogP contribution in [0.25, 0.3) is 0 Å². The molecule has 1 spiro atoms. The van der Waals surface area contributed by atoms with E-state index in [0.29, 0.717) is 12.5 Å². The van der Waals surface area contributed by atoms with E-state index < -0.39 is 5.79 Å². The molecule has 0 aromatic heterocycles. The summed E-state index contributed by atoms with van der Waals surface area (Å²) in [7, 11) is 0. The van der Waals surface area contributed by atoms with Crippen LogP contribution < -0.4 is 0 Å². The minimum Gasteiger partial charge on any atom is -0.378 e. The van der Waals surface area contributed by atoms with Crippen LogP contribution in [0.1, 0.15) is 20.8 Å². The second-order valence-corrected chi connectivity index (χ2v) is 5.79. The van der Waals surface area contributed by atoms with Gasteiger partial charge in [-0.25, -0.2) is 0 Å². The van der Waals surface area contributed by atoms with Crippen LogP contribution in [0.4, 0.5) is 0 Å². The predicted molar refractivity (Wildman–Crippen MR) is 50.4 cm³/mol. The van der Waals surface area contributed by atoms with Gasteiger partial charge in [-0.3, -0.25) is 0 Å². The number of epoxide rings is 1. The van der Waals surface area contributed by atoms with Crippen LogP contribution in [-0.2, 0) is 18.9 Å². The number of hydrogen-bond acceptors (Lipinski definition) is 4. The van der Waals surface area contributed by atoms with Gasteiger partial charge in [0, 0.05) is 5.92 Å². The molecule has 3 heterocycles. The Morgan fingerprint density at radius 1 is 1.07 bits per heavy atom. The van der Waals surface area contributed by atoms with Gasteiger partial charge in [0.2, 0.25) is 0 Å². The Bertz CT molecular complexity index is 341. The lowest BCUT2D eigenvalue weighted by molar-refractivity contribution is -0.173. The topological polar surface area (TPSA) is 40.2 Å². The van der Waals surface area contributed by atoms with Gasteiger partial charge in [0.05, 0.1) is 13.2 Å². The Morgan fingerprint density at radius 2 is 1.87 bits per heavy atom. The molecule has 0 aromatic carbocycles. The first-order valence-corrected chi connectivity index (χ1v) is 5.62. The molecule has 84 valence electrons. The van der Waals surface area contributed by atoms with Gasteiger partial charge in [0.15, 0.2) is 5.79 Å². The average Bonchev–Trinajstić information content (AvgIpc) is 2.49. The van der Waals surface area contributed by atoms with Gasteiger partial charge >= 0.3 is 0 Å². The predicted octanol–water partition coefficient (Wildman–Crippen LogP) is 0.694. The van der Waals surface area contributed by atoms with Gasteiger partial charge in [0.25, 0.3) is 0 Å². The van der Waals surface area contributed by atoms with E-state index >= 15 is 0 Å². The lowest BCUT2D eigenvalue weighted by Crippen LogP contribution is -2.46. The molecule has 0 N–H and O–H groups in total. The summed E-state index contributed by atoms with van der Waals surface area (Å²) >= 11 is 0. The number of hydrogen-bond donors (Lipinski definition) is 0. The maximum absolute atomic E-state index is 6.12. The Labute approximate surface area is 88.8 Å². The van der Waals surface area contributed by atoms with Crippen LogP contribution in [0.2, 0.25) is 0 Å². The van der Waals surface area contributed by atoms with E-state index in [2.05, 4.69) is 6.92 Å². The lowest BCUT2D eigenvalue weighted by Gasteiger charge is -2.30. The summed E-state index contributed by atoms with van der Waals surface area (Å²) in [6.07, 6.45) is 0.276. The van der Waals surface area contributed by atoms with Crippen molar-refractivity contribution in [1.29, 1.82) is 0 Å². The zero-order valence-corrected chi connectivity index (χ0v) is 9.28. The van der Waals surface area contributed by atoms with Gasteiger partial charge < -0.3 is 18.9 Å². The van der Waals surface area contributed by atoms with E-state index in [9.17, 15) is 0 Å². The van der Waals surface area contributed by atoms with E-state index in [-0.39, 0.29) is 23.4 Å². The molecule has 4 heteroatoms. The fourth-order valence-corrected chi connectivity index (χ4v) is 3.76. The summed E-state index contributed by atoms with van der Waals surface area (Å²) < 4.78 is 23.5. The third-order valence-corrected chi connectivity index (χ3v) is 4.39. The first kappa shape index (κ1) is 8.93. The quantitative estimate of drug-likeness (QED) is 0.554. The molecule has 1 aliphatic carbocycles. The molecule has 4 aliphatic rings. The molecule has 0 unspecified atom stereocenters. The highest BCUT2D eigenvalue weighted by Gasteiger charge is 2.83. The number of fused-ring (bicyclic) bond motifs is 3. The van der Waals surface area contributed by atoms with E-state index in [4.69, 9.17) is 18.9 Å². The average molecular weight is 212 g/mol. The molecule has 0 bridgehead atoms. The number of rotatable bonds is 0. The summed E-state index contributed by atoms with van der Waals surface area (Å²) in [5, 5.41) is 0. The fraction of sp³-hybridized carbons (Fsp3) is 1.00. The maximum atomic E-state index is 6.12. The van der Waals surface area contributed by atoms with Crippen molar-refractivity contribution in [2.75, 3.05) is 13.2 Å². The minimum absolute atomic E-state index is 0.0579. The van der Waals surface area contributed by atoms with E-state index in [1.54, 1.807) is 0 Å². The van der Waals surface area contributed by atoms with Gasteiger partial charge in [-0.15, -0.1) is 0 Å². The minimum atomic E-state index is -0.496. The maximum Gasteiger partial charge on any atom is 0.164 e. The van der Waals surface area contributed by atoms with Crippen molar-refractivity contribution >= 4 is 0 Å². The van der Waals surface area contributed by atoms with E-state index in [1.165, 1.54) is 0 Å². The highest BCUT2D eigenvalue weighted by atomic mass is 16.8. The smallest absolute Gasteiger partial charge is 0.164 e. The molecule has 5 atom stereocenters.